The fourth-order valence-electron chi connectivity index (χ4n) is 3.11. The van der Waals surface area contributed by atoms with Crippen LogP contribution in [0.5, 0.6) is 0 Å². The van der Waals surface area contributed by atoms with Crippen molar-refractivity contribution in [1.29, 1.82) is 0 Å². The van der Waals surface area contributed by atoms with Gasteiger partial charge in [-0.2, -0.15) is 0 Å². The second-order valence-corrected chi connectivity index (χ2v) is 9.68. The second kappa shape index (κ2) is 8.67. The van der Waals surface area contributed by atoms with Gasteiger partial charge in [-0.3, -0.25) is 4.40 Å². The molecule has 0 bridgehead atoms. The van der Waals surface area contributed by atoms with Crippen LogP contribution in [0.4, 0.5) is 5.82 Å². The van der Waals surface area contributed by atoms with Crippen LogP contribution >= 0.6 is 0 Å². The molecule has 9 heteroatoms. The number of sulfonamides is 1. The highest BCUT2D eigenvalue weighted by Crippen LogP contribution is 2.27. The number of imidazole rings is 1. The van der Waals surface area contributed by atoms with Gasteiger partial charge in [-0.25, -0.2) is 23.1 Å². The average Bonchev–Trinajstić information content (AvgIpc) is 3.44. The zero-order chi connectivity index (χ0) is 22.0. The lowest BCUT2D eigenvalue weighted by atomic mass is 10.2. The number of hydrogen-bond acceptors (Lipinski definition) is 6. The Morgan fingerprint density at radius 1 is 1.26 bits per heavy atom. The van der Waals surface area contributed by atoms with Gasteiger partial charge >= 0.3 is 0 Å². The van der Waals surface area contributed by atoms with Gasteiger partial charge in [-0.15, -0.1) is 0 Å². The highest BCUT2D eigenvalue weighted by molar-refractivity contribution is 7.89. The van der Waals surface area contributed by atoms with Crippen molar-refractivity contribution in [2.75, 3.05) is 18.5 Å². The summed E-state index contributed by atoms with van der Waals surface area (Å²) in [5, 5.41) is 12.3. The number of aromatic nitrogens is 3. The van der Waals surface area contributed by atoms with Crippen LogP contribution in [0, 0.1) is 17.8 Å². The molecule has 0 atom stereocenters. The summed E-state index contributed by atoms with van der Waals surface area (Å²) in [6.07, 6.45) is 5.27. The van der Waals surface area contributed by atoms with Crippen molar-refractivity contribution in [1.82, 2.24) is 19.1 Å². The van der Waals surface area contributed by atoms with Gasteiger partial charge in [0.15, 0.2) is 11.5 Å². The summed E-state index contributed by atoms with van der Waals surface area (Å²) in [5.41, 5.74) is 2.76. The minimum absolute atomic E-state index is 0.0613. The maximum absolute atomic E-state index is 12.4. The van der Waals surface area contributed by atoms with E-state index in [4.69, 9.17) is 5.11 Å². The number of anilines is 1. The largest absolute Gasteiger partial charge is 0.384 e. The first-order valence-electron chi connectivity index (χ1n) is 10.2. The molecule has 0 amide bonds. The summed E-state index contributed by atoms with van der Waals surface area (Å²) in [6, 6.07) is 6.80. The van der Waals surface area contributed by atoms with E-state index < -0.39 is 10.0 Å². The van der Waals surface area contributed by atoms with Crippen molar-refractivity contribution < 1.29 is 13.5 Å². The predicted molar refractivity (Wildman–Crippen MR) is 119 cm³/mol. The van der Waals surface area contributed by atoms with Crippen molar-refractivity contribution in [3.63, 3.8) is 0 Å². The lowest BCUT2D eigenvalue weighted by molar-refractivity contribution is 0.350. The molecule has 0 radical (unpaired) electrons. The van der Waals surface area contributed by atoms with E-state index in [0.717, 1.165) is 30.6 Å². The quantitative estimate of drug-likeness (QED) is 0.487. The third-order valence-corrected chi connectivity index (χ3v) is 6.36. The van der Waals surface area contributed by atoms with E-state index >= 15 is 0 Å². The molecule has 1 aliphatic carbocycles. The Morgan fingerprint density at radius 2 is 2.00 bits per heavy atom. The van der Waals surface area contributed by atoms with Gasteiger partial charge in [-0.1, -0.05) is 31.9 Å². The highest BCUT2D eigenvalue weighted by atomic mass is 32.2. The van der Waals surface area contributed by atoms with Crippen molar-refractivity contribution in [2.24, 2.45) is 5.92 Å². The van der Waals surface area contributed by atoms with Crippen molar-refractivity contribution in [2.45, 2.75) is 37.6 Å². The normalized spacial score (nSPS) is 13.9. The van der Waals surface area contributed by atoms with Gasteiger partial charge in [0.05, 0.1) is 16.8 Å². The van der Waals surface area contributed by atoms with Gasteiger partial charge in [0.25, 0.3) is 0 Å². The minimum atomic E-state index is -3.50. The standard InChI is InChI=1S/C22H25N5O3S/c1-15(2)12-23-21-22-24-13-20(27(22)14-18(25-21)4-3-11-28)16-5-9-19(10-6-16)31(29,30)26-17-7-8-17/h5-6,9-10,13-15,17,26,28H,7-8,11-12H2,1-2H3,(H,23,25). The number of aliphatic hydroxyl groups excluding tert-OH is 1. The molecule has 4 rings (SSSR count). The maximum atomic E-state index is 12.4. The molecule has 31 heavy (non-hydrogen) atoms. The molecule has 162 valence electrons. The van der Waals surface area contributed by atoms with Crippen molar-refractivity contribution >= 4 is 21.5 Å². The second-order valence-electron chi connectivity index (χ2n) is 7.97. The Bertz CT molecular complexity index is 1250. The molecule has 2 heterocycles. The third kappa shape index (κ3) is 4.88. The summed E-state index contributed by atoms with van der Waals surface area (Å²) < 4.78 is 29.4. The highest BCUT2D eigenvalue weighted by Gasteiger charge is 2.28. The van der Waals surface area contributed by atoms with Crippen LogP contribution in [0.2, 0.25) is 0 Å². The van der Waals surface area contributed by atoms with Crippen LogP contribution in [0.15, 0.2) is 41.6 Å². The van der Waals surface area contributed by atoms with Gasteiger partial charge in [0.2, 0.25) is 10.0 Å². The molecule has 2 aromatic heterocycles. The Kier molecular flexibility index (Phi) is 5.96. The Labute approximate surface area is 181 Å². The smallest absolute Gasteiger partial charge is 0.240 e. The fourth-order valence-corrected chi connectivity index (χ4v) is 4.41. The van der Waals surface area contributed by atoms with E-state index in [1.807, 2.05) is 4.40 Å². The molecule has 1 fully saturated rings. The SMILES string of the molecule is CC(C)CNc1nc(C#CCO)cn2c(-c3ccc(S(=O)(=O)NC4CC4)cc3)cnc12. The zero-order valence-corrected chi connectivity index (χ0v) is 18.3. The Balaban J connectivity index is 1.72. The van der Waals surface area contributed by atoms with Crippen LogP contribution in [-0.4, -0.2) is 47.1 Å². The van der Waals surface area contributed by atoms with E-state index in [-0.39, 0.29) is 17.5 Å². The topological polar surface area (TPSA) is 109 Å². The van der Waals surface area contributed by atoms with E-state index in [0.29, 0.717) is 23.1 Å². The lowest BCUT2D eigenvalue weighted by Crippen LogP contribution is -2.25. The van der Waals surface area contributed by atoms with Gasteiger partial charge < -0.3 is 10.4 Å². The summed E-state index contributed by atoms with van der Waals surface area (Å²) in [7, 11) is -3.50. The molecule has 8 nitrogen and oxygen atoms in total. The molecule has 0 unspecified atom stereocenters. The van der Waals surface area contributed by atoms with E-state index in [1.54, 1.807) is 36.7 Å². The molecule has 0 saturated heterocycles. The molecular weight excluding hydrogens is 414 g/mol. The van der Waals surface area contributed by atoms with Crippen LogP contribution in [0.25, 0.3) is 16.9 Å². The van der Waals surface area contributed by atoms with Crippen LogP contribution < -0.4 is 10.0 Å². The first-order chi connectivity index (χ1) is 14.9. The van der Waals surface area contributed by atoms with Gasteiger partial charge in [-0.05, 0) is 36.8 Å². The molecule has 1 aromatic carbocycles. The number of hydrogen-bond donors (Lipinski definition) is 3. The summed E-state index contributed by atoms with van der Waals surface area (Å²) in [4.78, 5) is 9.30. The molecule has 1 saturated carbocycles. The summed E-state index contributed by atoms with van der Waals surface area (Å²) >= 11 is 0. The van der Waals surface area contributed by atoms with E-state index in [1.165, 1.54) is 0 Å². The predicted octanol–water partition coefficient (Wildman–Crippen LogP) is 2.25. The van der Waals surface area contributed by atoms with E-state index in [9.17, 15) is 8.42 Å². The number of aliphatic hydroxyl groups is 1. The first kappa shape index (κ1) is 21.3. The zero-order valence-electron chi connectivity index (χ0n) is 17.5. The Morgan fingerprint density at radius 3 is 2.65 bits per heavy atom. The molecule has 0 aliphatic heterocycles. The lowest BCUT2D eigenvalue weighted by Gasteiger charge is -2.11. The van der Waals surface area contributed by atoms with Gasteiger partial charge in [0.1, 0.15) is 12.3 Å². The molecular formula is C22H25N5O3S. The average molecular weight is 440 g/mol. The van der Waals surface area contributed by atoms with E-state index in [2.05, 4.69) is 45.7 Å². The Hall–Kier alpha value is -2.93. The molecule has 0 spiro atoms. The minimum Gasteiger partial charge on any atom is -0.384 e. The number of nitrogens with zero attached hydrogens (tertiary/aromatic N) is 3. The van der Waals surface area contributed by atoms with Crippen LogP contribution in [0.3, 0.4) is 0 Å². The molecule has 1 aliphatic rings. The number of benzene rings is 1. The molecule has 3 N–H and O–H groups in total. The number of nitrogens with one attached hydrogen (secondary N) is 2. The molecule has 3 aromatic rings. The third-order valence-electron chi connectivity index (χ3n) is 4.83. The van der Waals surface area contributed by atoms with Crippen molar-refractivity contribution in [3.8, 4) is 23.1 Å². The number of rotatable bonds is 7. The van der Waals surface area contributed by atoms with Crippen molar-refractivity contribution in [3.05, 3.63) is 42.4 Å². The summed E-state index contributed by atoms with van der Waals surface area (Å²) in [5.74, 6) is 6.50. The van der Waals surface area contributed by atoms with Gasteiger partial charge in [0, 0.05) is 24.3 Å². The first-order valence-corrected chi connectivity index (χ1v) is 11.7. The van der Waals surface area contributed by atoms with Crippen LogP contribution in [0.1, 0.15) is 32.4 Å². The monoisotopic (exact) mass is 439 g/mol. The van der Waals surface area contributed by atoms with Crippen LogP contribution in [-0.2, 0) is 10.0 Å². The maximum Gasteiger partial charge on any atom is 0.240 e. The fraction of sp³-hybridized carbons (Fsp3) is 0.364. The summed E-state index contributed by atoms with van der Waals surface area (Å²) in [6.45, 7) is 4.67. The number of fused-ring (bicyclic) bond motifs is 1.